The Hall–Kier alpha value is -4.70. The Morgan fingerprint density at radius 1 is 0.955 bits per heavy atom. The predicted molar refractivity (Wildman–Crippen MR) is 169 cm³/mol. The Labute approximate surface area is 257 Å². The quantitative estimate of drug-likeness (QED) is 0.236. The molecule has 1 unspecified atom stereocenters. The highest BCUT2D eigenvalue weighted by atomic mass is 16.5. The average molecular weight is 598 g/mol. The van der Waals surface area contributed by atoms with Crippen LogP contribution in [0.3, 0.4) is 0 Å². The van der Waals surface area contributed by atoms with Crippen molar-refractivity contribution in [1.29, 1.82) is 0 Å². The van der Waals surface area contributed by atoms with Crippen molar-refractivity contribution in [2.45, 2.75) is 45.6 Å². The van der Waals surface area contributed by atoms with Gasteiger partial charge in [-0.15, -0.1) is 0 Å². The molecule has 10 heteroatoms. The van der Waals surface area contributed by atoms with E-state index in [2.05, 4.69) is 46.4 Å². The van der Waals surface area contributed by atoms with Gasteiger partial charge in [-0.2, -0.15) is 4.98 Å². The molecule has 1 fully saturated rings. The second-order valence-electron chi connectivity index (χ2n) is 12.0. The Morgan fingerprint density at radius 3 is 2.39 bits per heavy atom. The first-order valence-electron chi connectivity index (χ1n) is 14.7. The van der Waals surface area contributed by atoms with Crippen LogP contribution in [0.1, 0.15) is 55.4 Å². The monoisotopic (exact) mass is 597 g/mol. The molecule has 230 valence electrons. The number of hydrogen-bond donors (Lipinski definition) is 2. The number of piperidine rings is 1. The summed E-state index contributed by atoms with van der Waals surface area (Å²) in [5.41, 5.74) is 3.75. The minimum Gasteiger partial charge on any atom is -0.493 e. The van der Waals surface area contributed by atoms with Gasteiger partial charge in [0.15, 0.2) is 11.5 Å². The van der Waals surface area contributed by atoms with Crippen LogP contribution in [0, 0.1) is 5.92 Å². The SMILES string of the molecule is COc1ccc(-c2noc(CN3CCCC(C(=O)Nc4cccc(NC(=O)c5ccc(C(C)(C)C)cc5)c4)C3)n2)cc1OC. The van der Waals surface area contributed by atoms with Gasteiger partial charge in [-0.1, -0.05) is 44.1 Å². The molecule has 0 radical (unpaired) electrons. The number of amides is 2. The molecule has 1 atom stereocenters. The zero-order valence-corrected chi connectivity index (χ0v) is 25.8. The minimum atomic E-state index is -0.202. The highest BCUT2D eigenvalue weighted by molar-refractivity contribution is 6.04. The molecule has 0 aliphatic carbocycles. The van der Waals surface area contributed by atoms with E-state index in [1.54, 1.807) is 38.5 Å². The molecule has 1 aliphatic rings. The van der Waals surface area contributed by atoms with Gasteiger partial charge >= 0.3 is 0 Å². The lowest BCUT2D eigenvalue weighted by atomic mass is 9.87. The summed E-state index contributed by atoms with van der Waals surface area (Å²) in [6.45, 7) is 8.26. The van der Waals surface area contributed by atoms with Crippen molar-refractivity contribution in [3.63, 3.8) is 0 Å². The molecule has 0 spiro atoms. The molecule has 3 aromatic carbocycles. The van der Waals surface area contributed by atoms with Crippen molar-refractivity contribution >= 4 is 23.2 Å². The number of nitrogens with one attached hydrogen (secondary N) is 2. The fourth-order valence-corrected chi connectivity index (χ4v) is 5.26. The largest absolute Gasteiger partial charge is 0.493 e. The second-order valence-corrected chi connectivity index (χ2v) is 12.0. The predicted octanol–water partition coefficient (Wildman–Crippen LogP) is 6.15. The Morgan fingerprint density at radius 2 is 1.68 bits per heavy atom. The van der Waals surface area contributed by atoms with Gasteiger partial charge in [0, 0.05) is 29.0 Å². The number of hydrogen-bond acceptors (Lipinski definition) is 8. The van der Waals surface area contributed by atoms with Gasteiger partial charge < -0.3 is 24.6 Å². The van der Waals surface area contributed by atoms with Crippen LogP contribution < -0.4 is 20.1 Å². The maximum atomic E-state index is 13.2. The number of carbonyl (C=O) groups is 2. The third-order valence-electron chi connectivity index (χ3n) is 7.75. The fourth-order valence-electron chi connectivity index (χ4n) is 5.26. The minimum absolute atomic E-state index is 0.0141. The highest BCUT2D eigenvalue weighted by Gasteiger charge is 2.27. The van der Waals surface area contributed by atoms with Crippen molar-refractivity contribution in [2.24, 2.45) is 5.92 Å². The molecule has 1 aromatic heterocycles. The van der Waals surface area contributed by atoms with E-state index in [0.717, 1.165) is 30.5 Å². The van der Waals surface area contributed by atoms with Crippen molar-refractivity contribution in [3.05, 3.63) is 83.7 Å². The lowest BCUT2D eigenvalue weighted by Crippen LogP contribution is -2.40. The van der Waals surface area contributed by atoms with E-state index in [1.165, 1.54) is 0 Å². The van der Waals surface area contributed by atoms with E-state index < -0.39 is 0 Å². The van der Waals surface area contributed by atoms with Crippen molar-refractivity contribution in [1.82, 2.24) is 15.0 Å². The fraction of sp³-hybridized carbons (Fsp3) is 0.353. The first-order valence-corrected chi connectivity index (χ1v) is 14.7. The summed E-state index contributed by atoms with van der Waals surface area (Å²) in [6.07, 6.45) is 1.66. The van der Waals surface area contributed by atoms with E-state index in [9.17, 15) is 9.59 Å². The van der Waals surface area contributed by atoms with Crippen molar-refractivity contribution < 1.29 is 23.6 Å². The summed E-state index contributed by atoms with van der Waals surface area (Å²) in [7, 11) is 3.16. The first-order chi connectivity index (χ1) is 21.1. The summed E-state index contributed by atoms with van der Waals surface area (Å²) in [4.78, 5) is 32.8. The number of carbonyl (C=O) groups excluding carboxylic acids is 2. The van der Waals surface area contributed by atoms with Gasteiger partial charge in [-0.05, 0) is 78.9 Å². The van der Waals surface area contributed by atoms with Gasteiger partial charge in [-0.25, -0.2) is 0 Å². The maximum Gasteiger partial charge on any atom is 0.255 e. The third kappa shape index (κ3) is 7.44. The van der Waals surface area contributed by atoms with Gasteiger partial charge in [0.25, 0.3) is 5.91 Å². The van der Waals surface area contributed by atoms with Crippen LogP contribution in [0.25, 0.3) is 11.4 Å². The van der Waals surface area contributed by atoms with Crippen molar-refractivity contribution in [3.8, 4) is 22.9 Å². The van der Waals surface area contributed by atoms with Crippen LogP contribution in [0.5, 0.6) is 11.5 Å². The molecule has 2 amide bonds. The van der Waals surface area contributed by atoms with Crippen LogP contribution >= 0.6 is 0 Å². The molecule has 1 aliphatic heterocycles. The van der Waals surface area contributed by atoms with Gasteiger partial charge in [0.2, 0.25) is 17.6 Å². The maximum absolute atomic E-state index is 13.2. The number of benzene rings is 3. The number of nitrogens with zero attached hydrogens (tertiary/aromatic N) is 3. The first kappa shape index (κ1) is 30.7. The molecular weight excluding hydrogens is 558 g/mol. The van der Waals surface area contributed by atoms with Gasteiger partial charge in [0.1, 0.15) is 0 Å². The third-order valence-corrected chi connectivity index (χ3v) is 7.75. The van der Waals surface area contributed by atoms with Gasteiger partial charge in [-0.3, -0.25) is 14.5 Å². The van der Waals surface area contributed by atoms with Crippen LogP contribution in [0.15, 0.2) is 71.3 Å². The highest BCUT2D eigenvalue weighted by Crippen LogP contribution is 2.31. The number of anilines is 2. The Bertz CT molecular complexity index is 1610. The lowest BCUT2D eigenvalue weighted by molar-refractivity contribution is -0.121. The zero-order valence-electron chi connectivity index (χ0n) is 25.8. The summed E-state index contributed by atoms with van der Waals surface area (Å²) < 4.78 is 16.2. The molecule has 5 rings (SSSR count). The smallest absolute Gasteiger partial charge is 0.255 e. The molecule has 0 bridgehead atoms. The molecular formula is C34H39N5O5. The molecule has 2 N–H and O–H groups in total. The van der Waals surface area contributed by atoms with E-state index in [1.807, 2.05) is 42.5 Å². The zero-order chi connectivity index (χ0) is 31.3. The molecule has 4 aromatic rings. The molecule has 2 heterocycles. The Balaban J connectivity index is 1.16. The number of rotatable bonds is 9. The topological polar surface area (TPSA) is 119 Å². The molecule has 44 heavy (non-hydrogen) atoms. The summed E-state index contributed by atoms with van der Waals surface area (Å²) in [5.74, 6) is 1.68. The van der Waals surface area contributed by atoms with E-state index in [-0.39, 0.29) is 23.1 Å². The molecule has 1 saturated heterocycles. The number of methoxy groups -OCH3 is 2. The van der Waals surface area contributed by atoms with Crippen LogP contribution in [0.4, 0.5) is 11.4 Å². The summed E-state index contributed by atoms with van der Waals surface area (Å²) in [5, 5.41) is 10.1. The summed E-state index contributed by atoms with van der Waals surface area (Å²) >= 11 is 0. The molecule has 10 nitrogen and oxygen atoms in total. The number of aromatic nitrogens is 2. The van der Waals surface area contributed by atoms with Crippen LogP contribution in [-0.4, -0.2) is 54.2 Å². The summed E-state index contributed by atoms with van der Waals surface area (Å²) in [6, 6.07) is 20.3. The van der Waals surface area contributed by atoms with Crippen LogP contribution in [0.2, 0.25) is 0 Å². The van der Waals surface area contributed by atoms with Crippen LogP contribution in [-0.2, 0) is 16.8 Å². The second kappa shape index (κ2) is 13.3. The lowest BCUT2D eigenvalue weighted by Gasteiger charge is -2.30. The Kier molecular flexibility index (Phi) is 9.29. The van der Waals surface area contributed by atoms with E-state index in [4.69, 9.17) is 14.0 Å². The van der Waals surface area contributed by atoms with E-state index in [0.29, 0.717) is 53.2 Å². The normalized spacial score (nSPS) is 15.4. The standard InChI is InChI=1S/C34H39N5O5/c1-34(2,3)25-14-11-22(12-15-25)32(40)35-26-9-6-10-27(19-26)36-33(41)24-8-7-17-39(20-24)21-30-37-31(38-44-30)23-13-16-28(42-4)29(18-23)43-5/h6,9-16,18-19,24H,7-8,17,20-21H2,1-5H3,(H,35,40)(H,36,41). The average Bonchev–Trinajstić information content (AvgIpc) is 3.49. The molecule has 0 saturated carbocycles. The number of likely N-dealkylation sites (tertiary alicyclic amines) is 1. The van der Waals surface area contributed by atoms with Crippen molar-refractivity contribution in [2.75, 3.05) is 37.9 Å². The van der Waals surface area contributed by atoms with Gasteiger partial charge in [0.05, 0.1) is 26.7 Å². The van der Waals surface area contributed by atoms with E-state index >= 15 is 0 Å². The number of ether oxygens (including phenoxy) is 2.